The summed E-state index contributed by atoms with van der Waals surface area (Å²) in [6.07, 6.45) is 2.00. The summed E-state index contributed by atoms with van der Waals surface area (Å²) in [4.78, 5) is 49.7. The van der Waals surface area contributed by atoms with Gasteiger partial charge in [-0.2, -0.15) is 0 Å². The summed E-state index contributed by atoms with van der Waals surface area (Å²) >= 11 is 0. The van der Waals surface area contributed by atoms with Crippen LogP contribution in [-0.4, -0.2) is 159 Å². The largest absolute Gasteiger partial charge is 0.463 e. The van der Waals surface area contributed by atoms with E-state index in [-0.39, 0.29) is 60.4 Å². The highest BCUT2D eigenvalue weighted by Gasteiger charge is 2.52. The summed E-state index contributed by atoms with van der Waals surface area (Å²) in [7, 11) is 11.4. The highest BCUT2D eigenvalue weighted by Crippen LogP contribution is 2.42. The van der Waals surface area contributed by atoms with Gasteiger partial charge in [-0.15, -0.1) is 0 Å². The van der Waals surface area contributed by atoms with Crippen molar-refractivity contribution in [2.75, 3.05) is 62.0 Å². The SMILES string of the molecule is CO[C@]1(C)C[C@@H](C)CN(C)[C@H](C2CC3CCC(C2)N3C(=O)CN(C)C)COC(=O)C(C)(C)C(=O)[C@H](C)[C@H]1O[C@@H]1O[C@H](C)C[C@H](N(C)C)[C@H]1O. The summed E-state index contributed by atoms with van der Waals surface area (Å²) < 4.78 is 25.2. The van der Waals surface area contributed by atoms with Gasteiger partial charge in [0, 0.05) is 43.7 Å². The number of aliphatic hydroxyl groups is 1. The molecule has 0 aromatic rings. The molecule has 4 saturated heterocycles. The number of carbonyl (C=O) groups is 3. The molecule has 0 aromatic heterocycles. The number of esters is 1. The Balaban J connectivity index is 1.63. The fraction of sp³-hybridized carbons (Fsp3) is 0.919. The molecule has 4 rings (SSSR count). The standard InChI is InChI=1S/C37H66N4O8/c1-22-18-37(6,46-12)33(49-34-31(43)28(39(9)10)15-23(2)48-34)24(3)32(44)36(4,5)35(45)47-21-29(40(11)19-22)25-16-26-13-14-27(17-25)41(26)30(42)20-38(7)8/h22-29,31,33-34,43H,13-21H2,1-12H3/t22-,23-,24+,25?,26?,27?,28+,29+,31-,33-,34+,37-/m1/s1. The quantitative estimate of drug-likeness (QED) is 0.313. The Labute approximate surface area is 295 Å². The second-order valence-corrected chi connectivity index (χ2v) is 17.0. The molecule has 4 fully saturated rings. The molecule has 2 bridgehead atoms. The van der Waals surface area contributed by atoms with Crippen LogP contribution < -0.4 is 0 Å². The molecule has 0 aromatic carbocycles. The topological polar surface area (TPSA) is 121 Å². The number of rotatable bonds is 7. The van der Waals surface area contributed by atoms with Crippen molar-refractivity contribution in [3.63, 3.8) is 0 Å². The van der Waals surface area contributed by atoms with Gasteiger partial charge in [-0.3, -0.25) is 19.3 Å². The first-order valence-electron chi connectivity index (χ1n) is 18.4. The Morgan fingerprint density at radius 3 is 2.18 bits per heavy atom. The summed E-state index contributed by atoms with van der Waals surface area (Å²) in [6.45, 7) is 12.4. The van der Waals surface area contributed by atoms with Crippen LogP contribution in [0.1, 0.15) is 80.1 Å². The average Bonchev–Trinajstić information content (AvgIpc) is 3.28. The smallest absolute Gasteiger partial charge is 0.319 e. The first-order chi connectivity index (χ1) is 22.8. The minimum Gasteiger partial charge on any atom is -0.463 e. The van der Waals surface area contributed by atoms with Crippen molar-refractivity contribution in [3.05, 3.63) is 0 Å². The number of ketones is 1. The second-order valence-electron chi connectivity index (χ2n) is 17.0. The average molecular weight is 695 g/mol. The van der Waals surface area contributed by atoms with Gasteiger partial charge in [0.15, 0.2) is 12.1 Å². The zero-order valence-electron chi connectivity index (χ0n) is 32.3. The minimum absolute atomic E-state index is 0.0687. The van der Waals surface area contributed by atoms with Crippen molar-refractivity contribution in [3.8, 4) is 0 Å². The Kier molecular flexibility index (Phi) is 13.0. The van der Waals surface area contributed by atoms with Gasteiger partial charge in [-0.05, 0) is 113 Å². The maximum Gasteiger partial charge on any atom is 0.319 e. The van der Waals surface area contributed by atoms with Crippen LogP contribution in [0.25, 0.3) is 0 Å². The maximum atomic E-state index is 14.4. The van der Waals surface area contributed by atoms with Crippen LogP contribution >= 0.6 is 0 Å². The van der Waals surface area contributed by atoms with Crippen LogP contribution in [0.5, 0.6) is 0 Å². The number of piperidine rings is 1. The van der Waals surface area contributed by atoms with Gasteiger partial charge < -0.3 is 38.8 Å². The Morgan fingerprint density at radius 2 is 1.63 bits per heavy atom. The fourth-order valence-electron chi connectivity index (χ4n) is 9.35. The zero-order chi connectivity index (χ0) is 36.6. The second kappa shape index (κ2) is 15.9. The van der Waals surface area contributed by atoms with Crippen LogP contribution in [0.3, 0.4) is 0 Å². The highest BCUT2D eigenvalue weighted by molar-refractivity contribution is 6.04. The minimum atomic E-state index is -1.45. The first-order valence-corrected chi connectivity index (χ1v) is 18.4. The van der Waals surface area contributed by atoms with E-state index in [4.69, 9.17) is 18.9 Å². The number of hydrogen-bond acceptors (Lipinski definition) is 11. The molecule has 12 heteroatoms. The van der Waals surface area contributed by atoms with Crippen molar-refractivity contribution in [2.45, 2.75) is 134 Å². The van der Waals surface area contributed by atoms with Gasteiger partial charge in [-0.25, -0.2) is 0 Å². The van der Waals surface area contributed by atoms with Crippen molar-refractivity contribution < 1.29 is 38.4 Å². The normalized spacial score (nSPS) is 41.3. The van der Waals surface area contributed by atoms with Gasteiger partial charge >= 0.3 is 5.97 Å². The van der Waals surface area contributed by atoms with Crippen molar-refractivity contribution in [1.82, 2.24) is 19.6 Å². The molecule has 1 amide bonds. The van der Waals surface area contributed by atoms with Crippen molar-refractivity contribution in [1.29, 1.82) is 0 Å². The van der Waals surface area contributed by atoms with E-state index in [0.29, 0.717) is 25.9 Å². The Morgan fingerprint density at radius 1 is 1.02 bits per heavy atom. The molecular weight excluding hydrogens is 628 g/mol. The molecule has 0 spiro atoms. The molecule has 282 valence electrons. The molecule has 4 aliphatic heterocycles. The number of cyclic esters (lactones) is 1. The number of Topliss-reactive ketones (excluding diaryl/α,β-unsaturated/α-hetero) is 1. The third-order valence-corrected chi connectivity index (χ3v) is 12.0. The molecule has 12 nitrogen and oxygen atoms in total. The van der Waals surface area contributed by atoms with E-state index in [9.17, 15) is 19.5 Å². The number of carbonyl (C=O) groups excluding carboxylic acids is 3. The van der Waals surface area contributed by atoms with E-state index in [1.165, 1.54) is 0 Å². The van der Waals surface area contributed by atoms with E-state index >= 15 is 0 Å². The summed E-state index contributed by atoms with van der Waals surface area (Å²) in [5, 5.41) is 11.4. The molecule has 11 atom stereocenters. The predicted octanol–water partition coefficient (Wildman–Crippen LogP) is 2.65. The van der Waals surface area contributed by atoms with E-state index in [0.717, 1.165) is 25.7 Å². The van der Waals surface area contributed by atoms with Crippen LogP contribution in [0.4, 0.5) is 0 Å². The molecule has 0 saturated carbocycles. The van der Waals surface area contributed by atoms with Crippen LogP contribution in [0, 0.1) is 23.2 Å². The summed E-state index contributed by atoms with van der Waals surface area (Å²) in [6, 6.07) is 0.110. The Bertz CT molecular complexity index is 1150. The number of likely N-dealkylation sites (N-methyl/N-ethyl adjacent to an activating group) is 3. The maximum absolute atomic E-state index is 14.4. The number of amides is 1. The predicted molar refractivity (Wildman–Crippen MR) is 187 cm³/mol. The van der Waals surface area contributed by atoms with Gasteiger partial charge in [0.1, 0.15) is 18.1 Å². The van der Waals surface area contributed by atoms with Gasteiger partial charge in [-0.1, -0.05) is 13.8 Å². The number of fused-ring (bicyclic) bond motifs is 2. The zero-order valence-corrected chi connectivity index (χ0v) is 32.3. The van der Waals surface area contributed by atoms with Crippen molar-refractivity contribution >= 4 is 17.7 Å². The number of ether oxygens (including phenoxy) is 4. The summed E-state index contributed by atoms with van der Waals surface area (Å²) in [5.74, 6) is -1.13. The van der Waals surface area contributed by atoms with E-state index < -0.39 is 41.4 Å². The van der Waals surface area contributed by atoms with Gasteiger partial charge in [0.25, 0.3) is 0 Å². The third kappa shape index (κ3) is 8.69. The van der Waals surface area contributed by atoms with Crippen LogP contribution in [0.2, 0.25) is 0 Å². The van der Waals surface area contributed by atoms with Crippen molar-refractivity contribution in [2.24, 2.45) is 23.2 Å². The lowest BCUT2D eigenvalue weighted by atomic mass is 9.74. The first kappa shape index (κ1) is 40.1. The lowest BCUT2D eigenvalue weighted by molar-refractivity contribution is -0.295. The van der Waals surface area contributed by atoms with Gasteiger partial charge in [0.05, 0.1) is 24.4 Å². The van der Waals surface area contributed by atoms with E-state index in [2.05, 4.69) is 23.8 Å². The van der Waals surface area contributed by atoms with Gasteiger partial charge in [0.2, 0.25) is 5.91 Å². The number of methoxy groups -OCH3 is 1. The molecule has 4 aliphatic rings. The number of aliphatic hydroxyl groups excluding tert-OH is 1. The van der Waals surface area contributed by atoms with Crippen LogP contribution in [0.15, 0.2) is 0 Å². The highest BCUT2D eigenvalue weighted by atomic mass is 16.7. The molecule has 49 heavy (non-hydrogen) atoms. The lowest BCUT2D eigenvalue weighted by Gasteiger charge is -2.47. The molecule has 0 radical (unpaired) electrons. The molecule has 4 heterocycles. The summed E-state index contributed by atoms with van der Waals surface area (Å²) in [5.41, 5.74) is -2.40. The molecule has 0 aliphatic carbocycles. The number of nitrogens with zero attached hydrogens (tertiary/aromatic N) is 4. The fourth-order valence-corrected chi connectivity index (χ4v) is 9.35. The Hall–Kier alpha value is -1.67. The molecule has 2 unspecified atom stereocenters. The molecule has 1 N–H and O–H groups in total. The number of hydrogen-bond donors (Lipinski definition) is 1. The third-order valence-electron chi connectivity index (χ3n) is 12.0. The van der Waals surface area contributed by atoms with Crippen LogP contribution in [-0.2, 0) is 33.3 Å². The van der Waals surface area contributed by atoms with E-state index in [1.54, 1.807) is 27.9 Å². The van der Waals surface area contributed by atoms with E-state index in [1.807, 2.05) is 51.8 Å². The lowest BCUT2D eigenvalue weighted by Crippen LogP contribution is -2.59. The monoisotopic (exact) mass is 694 g/mol. The molecular formula is C37H66N4O8.